The molecule has 4 aromatic heterocycles. The number of rotatable bonds is 8. The summed E-state index contributed by atoms with van der Waals surface area (Å²) in [7, 11) is 1.31. The Bertz CT molecular complexity index is 1570. The number of benzene rings is 1. The van der Waals surface area contributed by atoms with Crippen LogP contribution in [0.1, 0.15) is 35.0 Å². The lowest BCUT2D eigenvalue weighted by molar-refractivity contribution is -0.140. The highest BCUT2D eigenvalue weighted by Gasteiger charge is 2.32. The zero-order chi connectivity index (χ0) is 25.2. The number of hydrogen-bond donors (Lipinski definition) is 2. The van der Waals surface area contributed by atoms with Gasteiger partial charge in [-0.05, 0) is 13.0 Å². The molecule has 36 heavy (non-hydrogen) atoms. The molecule has 0 amide bonds. The molecule has 2 N–H and O–H groups in total. The van der Waals surface area contributed by atoms with Crippen LogP contribution in [0.15, 0.2) is 65.3 Å². The molecule has 0 fully saturated rings. The van der Waals surface area contributed by atoms with E-state index in [1.807, 2.05) is 46.3 Å². The van der Waals surface area contributed by atoms with Crippen LogP contribution < -0.4 is 5.56 Å². The van der Waals surface area contributed by atoms with Crippen LogP contribution >= 0.6 is 11.3 Å². The highest BCUT2D eigenvalue weighted by molar-refractivity contribution is 7.15. The average Bonchev–Trinajstić information content (AvgIpc) is 3.61. The minimum Gasteiger partial charge on any atom is -0.507 e. The smallest absolute Gasteiger partial charge is 0.306 e. The number of imidazole rings is 2. The molecule has 0 radical (unpaired) electrons. The van der Waals surface area contributed by atoms with E-state index >= 15 is 0 Å². The minimum absolute atomic E-state index is 0.133. The molecule has 1 atom stereocenters. The van der Waals surface area contributed by atoms with E-state index in [1.165, 1.54) is 18.4 Å². The van der Waals surface area contributed by atoms with Gasteiger partial charge in [0.2, 0.25) is 0 Å². The van der Waals surface area contributed by atoms with Crippen molar-refractivity contribution in [2.45, 2.75) is 32.2 Å². The third-order valence-electron chi connectivity index (χ3n) is 6.31. The Hall–Kier alpha value is -4.18. The molecule has 5 rings (SSSR count). The van der Waals surface area contributed by atoms with Gasteiger partial charge in [0.15, 0.2) is 4.96 Å². The van der Waals surface area contributed by atoms with E-state index in [1.54, 1.807) is 30.1 Å². The number of pyridine rings is 1. The van der Waals surface area contributed by atoms with E-state index in [4.69, 9.17) is 9.72 Å². The highest BCUT2D eigenvalue weighted by atomic mass is 32.1. The van der Waals surface area contributed by atoms with Crippen molar-refractivity contribution in [2.24, 2.45) is 0 Å². The Balaban J connectivity index is 1.71. The molecule has 0 bridgehead atoms. The zero-order valence-electron chi connectivity index (χ0n) is 19.8. The van der Waals surface area contributed by atoms with E-state index < -0.39 is 11.9 Å². The largest absolute Gasteiger partial charge is 0.507 e. The number of aryl methyl sites for hydroxylation is 2. The summed E-state index contributed by atoms with van der Waals surface area (Å²) in [5.41, 5.74) is 3.45. The van der Waals surface area contributed by atoms with Crippen molar-refractivity contribution in [2.75, 3.05) is 7.11 Å². The van der Waals surface area contributed by atoms with Gasteiger partial charge in [-0.2, -0.15) is 0 Å². The Kier molecular flexibility index (Phi) is 6.43. The lowest BCUT2D eigenvalue weighted by Gasteiger charge is -2.21. The number of nitrogens with one attached hydrogen (secondary N) is 1. The van der Waals surface area contributed by atoms with Gasteiger partial charge in [-0.3, -0.25) is 14.0 Å². The molecule has 0 saturated heterocycles. The number of esters is 1. The van der Waals surface area contributed by atoms with Gasteiger partial charge < -0.3 is 19.4 Å². The van der Waals surface area contributed by atoms with Crippen LogP contribution in [-0.4, -0.2) is 42.1 Å². The van der Waals surface area contributed by atoms with E-state index in [9.17, 15) is 14.7 Å². The van der Waals surface area contributed by atoms with Crippen molar-refractivity contribution >= 4 is 22.3 Å². The number of thiazole rings is 1. The van der Waals surface area contributed by atoms with Crippen LogP contribution in [0.3, 0.4) is 0 Å². The molecule has 4 heterocycles. The van der Waals surface area contributed by atoms with E-state index in [0.29, 0.717) is 30.0 Å². The number of ether oxygens (including phenoxy) is 1. The van der Waals surface area contributed by atoms with Gasteiger partial charge >= 0.3 is 5.97 Å². The Morgan fingerprint density at radius 2 is 2.08 bits per heavy atom. The van der Waals surface area contributed by atoms with Gasteiger partial charge in [0.1, 0.15) is 5.75 Å². The van der Waals surface area contributed by atoms with Crippen LogP contribution in [0, 0.1) is 6.92 Å². The van der Waals surface area contributed by atoms with Crippen LogP contribution in [0.5, 0.6) is 5.75 Å². The molecule has 9 nitrogen and oxygen atoms in total. The number of methoxy groups -OCH3 is 1. The summed E-state index contributed by atoms with van der Waals surface area (Å²) in [4.78, 5) is 39.1. The molecule has 0 aliphatic rings. The molecular formula is C26H25N5O4S. The molecule has 0 aliphatic carbocycles. The second-order valence-electron chi connectivity index (χ2n) is 8.47. The molecule has 0 unspecified atom stereocenters. The number of aromatic nitrogens is 5. The number of nitrogens with zero attached hydrogens (tertiary/aromatic N) is 4. The van der Waals surface area contributed by atoms with Gasteiger partial charge in [0.25, 0.3) is 5.56 Å². The number of H-pyrrole nitrogens is 1. The standard InChI is InChI=1S/C26H25N5O4S/c1-16-12-20(32)22(25(34)30(16)9-8-18-14-27-15-28-18)19(13-21(33)35-2)24-23(17-6-4-3-5-7-17)29-26-31(24)10-11-36-26/h3-7,10-12,14-15,19,32H,8-9,13H2,1-2H3,(H,27,28)/t19-/m0/s1. The molecule has 0 saturated carbocycles. The van der Waals surface area contributed by atoms with Crippen LogP contribution in [0.25, 0.3) is 16.2 Å². The first-order valence-electron chi connectivity index (χ1n) is 11.5. The van der Waals surface area contributed by atoms with Gasteiger partial charge in [-0.15, -0.1) is 11.3 Å². The maximum Gasteiger partial charge on any atom is 0.306 e. The van der Waals surface area contributed by atoms with Crippen LogP contribution in [0.2, 0.25) is 0 Å². The summed E-state index contributed by atoms with van der Waals surface area (Å²) in [6.07, 6.45) is 5.60. The summed E-state index contributed by atoms with van der Waals surface area (Å²) >= 11 is 1.46. The number of carbonyl (C=O) groups excluding carboxylic acids is 1. The second kappa shape index (κ2) is 9.82. The lowest BCUT2D eigenvalue weighted by Crippen LogP contribution is -2.29. The fraction of sp³-hybridized carbons (Fsp3) is 0.231. The van der Waals surface area contributed by atoms with Crippen molar-refractivity contribution in [3.63, 3.8) is 0 Å². The number of fused-ring (bicyclic) bond motifs is 1. The lowest BCUT2D eigenvalue weighted by atomic mass is 9.89. The minimum atomic E-state index is -0.788. The van der Waals surface area contributed by atoms with Gasteiger partial charge in [-0.25, -0.2) is 9.97 Å². The van der Waals surface area contributed by atoms with Crippen molar-refractivity contribution in [1.29, 1.82) is 0 Å². The van der Waals surface area contributed by atoms with Crippen molar-refractivity contribution in [1.82, 2.24) is 23.9 Å². The summed E-state index contributed by atoms with van der Waals surface area (Å²) in [5.74, 6) is -1.44. The first kappa shape index (κ1) is 23.6. The van der Waals surface area contributed by atoms with Crippen molar-refractivity contribution < 1.29 is 14.6 Å². The molecule has 184 valence electrons. The van der Waals surface area contributed by atoms with E-state index in [2.05, 4.69) is 9.97 Å². The first-order chi connectivity index (χ1) is 17.5. The number of aromatic amines is 1. The topological polar surface area (TPSA) is 115 Å². The average molecular weight is 504 g/mol. The SMILES string of the molecule is COC(=O)C[C@@H](c1c(O)cc(C)n(CCc2cnc[nH]2)c1=O)c1c(-c2ccccc2)nc2sccn12. The Morgan fingerprint density at radius 3 is 2.81 bits per heavy atom. The summed E-state index contributed by atoms with van der Waals surface area (Å²) in [6.45, 7) is 2.16. The molecular weight excluding hydrogens is 478 g/mol. The van der Waals surface area contributed by atoms with Gasteiger partial charge in [-0.1, -0.05) is 30.3 Å². The fourth-order valence-electron chi connectivity index (χ4n) is 4.56. The second-order valence-corrected chi connectivity index (χ2v) is 9.34. The number of hydrogen-bond acceptors (Lipinski definition) is 7. The summed E-state index contributed by atoms with van der Waals surface area (Å²) < 4.78 is 8.50. The van der Waals surface area contributed by atoms with E-state index in [0.717, 1.165) is 16.2 Å². The van der Waals surface area contributed by atoms with Gasteiger partial charge in [0, 0.05) is 53.6 Å². The van der Waals surface area contributed by atoms with Gasteiger partial charge in [0.05, 0.1) is 36.8 Å². The van der Waals surface area contributed by atoms with Crippen LogP contribution in [-0.2, 0) is 22.5 Å². The molecule has 10 heteroatoms. The Labute approximate surface area is 210 Å². The molecule has 0 aliphatic heterocycles. The molecule has 5 aromatic rings. The van der Waals surface area contributed by atoms with Crippen LogP contribution in [0.4, 0.5) is 0 Å². The third kappa shape index (κ3) is 4.31. The number of carbonyl (C=O) groups is 1. The van der Waals surface area contributed by atoms with Crippen molar-refractivity contribution in [3.8, 4) is 17.0 Å². The fourth-order valence-corrected chi connectivity index (χ4v) is 5.28. The molecule has 0 spiro atoms. The maximum absolute atomic E-state index is 13.9. The predicted molar refractivity (Wildman–Crippen MR) is 136 cm³/mol. The number of aromatic hydroxyl groups is 1. The Morgan fingerprint density at radius 1 is 1.28 bits per heavy atom. The quantitative estimate of drug-likeness (QED) is 0.311. The normalized spacial score (nSPS) is 12.2. The summed E-state index contributed by atoms with van der Waals surface area (Å²) in [5, 5.41) is 13.0. The monoisotopic (exact) mass is 503 g/mol. The van der Waals surface area contributed by atoms with E-state index in [-0.39, 0.29) is 23.3 Å². The predicted octanol–water partition coefficient (Wildman–Crippen LogP) is 3.90. The third-order valence-corrected chi connectivity index (χ3v) is 7.06. The first-order valence-corrected chi connectivity index (χ1v) is 12.3. The maximum atomic E-state index is 13.9. The zero-order valence-corrected chi connectivity index (χ0v) is 20.7. The highest BCUT2D eigenvalue weighted by Crippen LogP contribution is 2.39. The summed E-state index contributed by atoms with van der Waals surface area (Å²) in [6, 6.07) is 11.2. The molecule has 1 aromatic carbocycles. The van der Waals surface area contributed by atoms with Crippen molar-refractivity contribution in [3.05, 3.63) is 93.5 Å².